The molecule has 0 saturated carbocycles. The van der Waals surface area contributed by atoms with E-state index in [1.807, 2.05) is 0 Å². The van der Waals surface area contributed by atoms with Gasteiger partial charge in [0.1, 0.15) is 0 Å². The molecule has 24 heavy (non-hydrogen) atoms. The second-order valence-electron chi connectivity index (χ2n) is 4.71. The fourth-order valence-corrected chi connectivity index (χ4v) is 2.29. The SMILES string of the molecule is O=C(O)c1cccc(-c2c(C(=O)O)ccc(C(=O)O)c2C(=O)O)c1. The van der Waals surface area contributed by atoms with Crippen molar-refractivity contribution in [3.63, 3.8) is 0 Å². The molecule has 2 rings (SSSR count). The maximum absolute atomic E-state index is 11.5. The number of hydrogen-bond donors (Lipinski definition) is 4. The number of carbonyl (C=O) groups is 4. The molecule has 122 valence electrons. The van der Waals surface area contributed by atoms with Crippen molar-refractivity contribution in [3.05, 3.63) is 58.7 Å². The Morgan fingerprint density at radius 1 is 0.667 bits per heavy atom. The molecule has 2 aromatic rings. The molecule has 0 spiro atoms. The van der Waals surface area contributed by atoms with Gasteiger partial charge in [-0.15, -0.1) is 0 Å². The highest BCUT2D eigenvalue weighted by Crippen LogP contribution is 2.31. The van der Waals surface area contributed by atoms with Crippen LogP contribution < -0.4 is 0 Å². The quantitative estimate of drug-likeness (QED) is 0.651. The van der Waals surface area contributed by atoms with E-state index < -0.39 is 40.6 Å². The normalized spacial score (nSPS) is 10.2. The molecule has 0 radical (unpaired) electrons. The monoisotopic (exact) mass is 330 g/mol. The van der Waals surface area contributed by atoms with Gasteiger partial charge in [0.05, 0.1) is 22.3 Å². The Morgan fingerprint density at radius 3 is 1.75 bits per heavy atom. The summed E-state index contributed by atoms with van der Waals surface area (Å²) in [4.78, 5) is 45.3. The van der Waals surface area contributed by atoms with E-state index in [0.29, 0.717) is 0 Å². The highest BCUT2D eigenvalue weighted by molar-refractivity contribution is 6.11. The fourth-order valence-electron chi connectivity index (χ4n) is 2.29. The molecule has 2 aromatic carbocycles. The van der Waals surface area contributed by atoms with E-state index >= 15 is 0 Å². The number of carboxylic acids is 4. The lowest BCUT2D eigenvalue weighted by atomic mass is 9.90. The molecule has 0 fully saturated rings. The van der Waals surface area contributed by atoms with E-state index in [4.69, 9.17) is 10.2 Å². The summed E-state index contributed by atoms with van der Waals surface area (Å²) in [6, 6.07) is 6.81. The standard InChI is InChI=1S/C16H10O8/c17-13(18)8-3-1-2-7(6-8)11-9(14(19)20)4-5-10(15(21)22)12(11)16(23)24/h1-6H,(H,17,18)(H,19,20)(H,21,22)(H,23,24). The number of aromatic carboxylic acids is 4. The van der Waals surface area contributed by atoms with Gasteiger partial charge in [-0.2, -0.15) is 0 Å². The van der Waals surface area contributed by atoms with E-state index in [1.165, 1.54) is 18.2 Å². The summed E-state index contributed by atoms with van der Waals surface area (Å²) in [6.45, 7) is 0. The lowest BCUT2D eigenvalue weighted by Crippen LogP contribution is -2.14. The van der Waals surface area contributed by atoms with Gasteiger partial charge in [-0.1, -0.05) is 12.1 Å². The molecule has 8 nitrogen and oxygen atoms in total. The average Bonchev–Trinajstić information content (AvgIpc) is 2.53. The first-order chi connectivity index (χ1) is 11.2. The van der Waals surface area contributed by atoms with Crippen molar-refractivity contribution < 1.29 is 39.6 Å². The molecule has 0 aliphatic heterocycles. The maximum atomic E-state index is 11.5. The van der Waals surface area contributed by atoms with E-state index in [1.54, 1.807) is 0 Å². The van der Waals surface area contributed by atoms with Gasteiger partial charge in [0.15, 0.2) is 0 Å². The van der Waals surface area contributed by atoms with Crippen LogP contribution in [0, 0.1) is 0 Å². The second kappa shape index (κ2) is 6.21. The zero-order valence-corrected chi connectivity index (χ0v) is 11.9. The molecular weight excluding hydrogens is 320 g/mol. The van der Waals surface area contributed by atoms with Gasteiger partial charge in [-0.3, -0.25) is 0 Å². The minimum absolute atomic E-state index is 0.0206. The molecule has 0 amide bonds. The number of carboxylic acid groups (broad SMARTS) is 4. The Hall–Kier alpha value is -3.68. The summed E-state index contributed by atoms with van der Waals surface area (Å²) in [5.41, 5.74) is -2.33. The average molecular weight is 330 g/mol. The maximum Gasteiger partial charge on any atom is 0.337 e. The molecule has 0 aromatic heterocycles. The smallest absolute Gasteiger partial charge is 0.337 e. The van der Waals surface area contributed by atoms with Crippen LogP contribution in [0.1, 0.15) is 41.4 Å². The van der Waals surface area contributed by atoms with Gasteiger partial charge >= 0.3 is 23.9 Å². The Balaban J connectivity index is 2.93. The van der Waals surface area contributed by atoms with Gasteiger partial charge in [0, 0.05) is 5.56 Å². The Kier molecular flexibility index (Phi) is 4.32. The lowest BCUT2D eigenvalue weighted by Gasteiger charge is -2.13. The van der Waals surface area contributed by atoms with Gasteiger partial charge in [-0.05, 0) is 29.8 Å². The molecule has 0 aliphatic rings. The summed E-state index contributed by atoms with van der Waals surface area (Å²) in [7, 11) is 0. The van der Waals surface area contributed by atoms with E-state index in [9.17, 15) is 29.4 Å². The number of hydrogen-bond acceptors (Lipinski definition) is 4. The molecule has 0 bridgehead atoms. The van der Waals surface area contributed by atoms with Crippen molar-refractivity contribution in [1.82, 2.24) is 0 Å². The summed E-state index contributed by atoms with van der Waals surface area (Å²) in [5.74, 6) is -5.93. The first-order valence-electron chi connectivity index (χ1n) is 6.44. The zero-order valence-electron chi connectivity index (χ0n) is 11.9. The Labute approximate surface area is 134 Å². The Bertz CT molecular complexity index is 882. The van der Waals surface area contributed by atoms with Gasteiger partial charge < -0.3 is 20.4 Å². The van der Waals surface area contributed by atoms with Gasteiger partial charge in [0.2, 0.25) is 0 Å². The second-order valence-corrected chi connectivity index (χ2v) is 4.71. The van der Waals surface area contributed by atoms with Gasteiger partial charge in [0.25, 0.3) is 0 Å². The first-order valence-corrected chi connectivity index (χ1v) is 6.44. The molecule has 0 heterocycles. The van der Waals surface area contributed by atoms with Crippen LogP contribution >= 0.6 is 0 Å². The zero-order chi connectivity index (χ0) is 18.0. The van der Waals surface area contributed by atoms with Crippen molar-refractivity contribution in [3.8, 4) is 11.1 Å². The van der Waals surface area contributed by atoms with Crippen LogP contribution in [0.3, 0.4) is 0 Å². The first kappa shape index (κ1) is 16.7. The van der Waals surface area contributed by atoms with Crippen molar-refractivity contribution >= 4 is 23.9 Å². The minimum atomic E-state index is -1.63. The van der Waals surface area contributed by atoms with Crippen LogP contribution in [0.5, 0.6) is 0 Å². The van der Waals surface area contributed by atoms with Crippen molar-refractivity contribution in [1.29, 1.82) is 0 Å². The van der Waals surface area contributed by atoms with Crippen LogP contribution in [-0.4, -0.2) is 44.3 Å². The Morgan fingerprint density at radius 2 is 1.25 bits per heavy atom. The van der Waals surface area contributed by atoms with Crippen LogP contribution in [0.25, 0.3) is 11.1 Å². The molecule has 0 atom stereocenters. The number of benzene rings is 2. The highest BCUT2D eigenvalue weighted by Gasteiger charge is 2.26. The molecule has 0 unspecified atom stereocenters. The molecular formula is C16H10O8. The third-order valence-electron chi connectivity index (χ3n) is 3.28. The van der Waals surface area contributed by atoms with E-state index in [2.05, 4.69) is 0 Å². The number of rotatable bonds is 5. The van der Waals surface area contributed by atoms with Crippen LogP contribution in [0.2, 0.25) is 0 Å². The lowest BCUT2D eigenvalue weighted by molar-refractivity contribution is 0.0650. The van der Waals surface area contributed by atoms with Gasteiger partial charge in [-0.25, -0.2) is 19.2 Å². The van der Waals surface area contributed by atoms with Crippen LogP contribution in [-0.2, 0) is 0 Å². The van der Waals surface area contributed by atoms with E-state index in [-0.39, 0.29) is 16.7 Å². The minimum Gasteiger partial charge on any atom is -0.478 e. The van der Waals surface area contributed by atoms with Crippen LogP contribution in [0.15, 0.2) is 36.4 Å². The summed E-state index contributed by atoms with van der Waals surface area (Å²) < 4.78 is 0. The van der Waals surface area contributed by atoms with Crippen LogP contribution in [0.4, 0.5) is 0 Å². The molecule has 8 heteroatoms. The van der Waals surface area contributed by atoms with E-state index in [0.717, 1.165) is 18.2 Å². The predicted octanol–water partition coefficient (Wildman–Crippen LogP) is 2.15. The van der Waals surface area contributed by atoms with Crippen molar-refractivity contribution in [2.24, 2.45) is 0 Å². The van der Waals surface area contributed by atoms with Crippen molar-refractivity contribution in [2.45, 2.75) is 0 Å². The predicted molar refractivity (Wildman–Crippen MR) is 79.7 cm³/mol. The third-order valence-corrected chi connectivity index (χ3v) is 3.28. The molecule has 0 saturated heterocycles. The highest BCUT2D eigenvalue weighted by atomic mass is 16.4. The summed E-state index contributed by atoms with van der Waals surface area (Å²) in [6.07, 6.45) is 0. The largest absolute Gasteiger partial charge is 0.478 e. The topological polar surface area (TPSA) is 149 Å². The third kappa shape index (κ3) is 2.93. The summed E-state index contributed by atoms with van der Waals surface area (Å²) >= 11 is 0. The summed E-state index contributed by atoms with van der Waals surface area (Å²) in [5, 5.41) is 36.8. The molecule has 0 aliphatic carbocycles. The molecule has 4 N–H and O–H groups in total. The van der Waals surface area contributed by atoms with Crippen molar-refractivity contribution in [2.75, 3.05) is 0 Å². The fraction of sp³-hybridized carbons (Fsp3) is 0.